The van der Waals surface area contributed by atoms with Crippen LogP contribution in [0.5, 0.6) is 0 Å². The van der Waals surface area contributed by atoms with Crippen LogP contribution >= 0.6 is 0 Å². The summed E-state index contributed by atoms with van der Waals surface area (Å²) in [7, 11) is 0. The topological polar surface area (TPSA) is 59.3 Å². The molecule has 4 heteroatoms. The summed E-state index contributed by atoms with van der Waals surface area (Å²) in [4.78, 5) is 11.8. The lowest BCUT2D eigenvalue weighted by Gasteiger charge is -2.07. The van der Waals surface area contributed by atoms with Crippen molar-refractivity contribution in [2.45, 2.75) is 19.8 Å². The van der Waals surface area contributed by atoms with E-state index in [1.807, 2.05) is 13.0 Å². The predicted molar refractivity (Wildman–Crippen MR) is 67.2 cm³/mol. The van der Waals surface area contributed by atoms with Gasteiger partial charge < -0.3 is 9.47 Å². The molecular weight excluding hydrogens is 230 g/mol. The van der Waals surface area contributed by atoms with Crippen molar-refractivity contribution in [3.05, 3.63) is 35.4 Å². The molecule has 0 aliphatic carbocycles. The molecule has 0 saturated carbocycles. The Hall–Kier alpha value is -1.86. The summed E-state index contributed by atoms with van der Waals surface area (Å²) in [6, 6.07) is 9.01. The highest BCUT2D eigenvalue weighted by Crippen LogP contribution is 2.10. The summed E-state index contributed by atoms with van der Waals surface area (Å²) >= 11 is 0. The maximum Gasteiger partial charge on any atom is 0.338 e. The Morgan fingerprint density at radius 1 is 1.28 bits per heavy atom. The van der Waals surface area contributed by atoms with E-state index in [-0.39, 0.29) is 13.0 Å². The first-order chi connectivity index (χ1) is 8.79. The maximum atomic E-state index is 11.8. The van der Waals surface area contributed by atoms with E-state index in [1.54, 1.807) is 24.3 Å². The monoisotopic (exact) mass is 247 g/mol. The van der Waals surface area contributed by atoms with Gasteiger partial charge in [-0.15, -0.1) is 0 Å². The summed E-state index contributed by atoms with van der Waals surface area (Å²) in [6.07, 6.45) is 1.15. The zero-order valence-electron chi connectivity index (χ0n) is 10.5. The summed E-state index contributed by atoms with van der Waals surface area (Å²) in [5.41, 5.74) is 1.15. The second-order valence-electron chi connectivity index (χ2n) is 3.74. The van der Waals surface area contributed by atoms with Gasteiger partial charge in [-0.3, -0.25) is 0 Å². The Kier molecular flexibility index (Phi) is 6.52. The molecule has 1 rings (SSSR count). The van der Waals surface area contributed by atoms with Crippen LogP contribution in [0.25, 0.3) is 0 Å². The summed E-state index contributed by atoms with van der Waals surface area (Å²) in [5, 5.41) is 8.68. The van der Waals surface area contributed by atoms with Crippen molar-refractivity contribution in [3.8, 4) is 6.07 Å². The van der Waals surface area contributed by atoms with Crippen molar-refractivity contribution in [1.29, 1.82) is 5.26 Å². The molecule has 0 spiro atoms. The highest BCUT2D eigenvalue weighted by atomic mass is 16.6. The van der Waals surface area contributed by atoms with Gasteiger partial charge in [0.1, 0.15) is 6.61 Å². The van der Waals surface area contributed by atoms with Crippen LogP contribution < -0.4 is 0 Å². The minimum absolute atomic E-state index is 0.206. The first kappa shape index (κ1) is 14.2. The molecule has 1 aromatic carbocycles. The smallest absolute Gasteiger partial charge is 0.338 e. The number of carbonyl (C=O) groups is 1. The molecule has 0 bridgehead atoms. The van der Waals surface area contributed by atoms with Crippen molar-refractivity contribution < 1.29 is 14.3 Å². The number of nitriles is 1. The SMILES string of the molecule is CCCOCCOC(=O)c1ccccc1CC#N. The van der Waals surface area contributed by atoms with E-state index < -0.39 is 5.97 Å². The standard InChI is InChI=1S/C14H17NO3/c1-2-9-17-10-11-18-14(16)13-6-4-3-5-12(13)7-8-15/h3-6H,2,7,9-11H2,1H3. The number of esters is 1. The first-order valence-corrected chi connectivity index (χ1v) is 5.99. The molecule has 0 saturated heterocycles. The van der Waals surface area contributed by atoms with E-state index in [4.69, 9.17) is 14.7 Å². The Morgan fingerprint density at radius 2 is 2.06 bits per heavy atom. The third-order valence-electron chi connectivity index (χ3n) is 2.32. The van der Waals surface area contributed by atoms with Gasteiger partial charge in [0.25, 0.3) is 0 Å². The van der Waals surface area contributed by atoms with Crippen LogP contribution in [-0.4, -0.2) is 25.8 Å². The van der Waals surface area contributed by atoms with Crippen LogP contribution in [0.15, 0.2) is 24.3 Å². The Bertz CT molecular complexity index is 423. The second kappa shape index (κ2) is 8.26. The van der Waals surface area contributed by atoms with Crippen molar-refractivity contribution in [2.24, 2.45) is 0 Å². The van der Waals surface area contributed by atoms with Crippen molar-refractivity contribution in [3.63, 3.8) is 0 Å². The number of ether oxygens (including phenoxy) is 2. The van der Waals surface area contributed by atoms with E-state index in [9.17, 15) is 4.79 Å². The Balaban J connectivity index is 2.48. The fourth-order valence-electron chi connectivity index (χ4n) is 1.48. The van der Waals surface area contributed by atoms with Gasteiger partial charge in [0.2, 0.25) is 0 Å². The normalized spacial score (nSPS) is 9.78. The van der Waals surface area contributed by atoms with Crippen LogP contribution in [0.4, 0.5) is 0 Å². The summed E-state index contributed by atoms with van der Waals surface area (Å²) < 4.78 is 10.3. The van der Waals surface area contributed by atoms with Gasteiger partial charge in [0.05, 0.1) is 24.7 Å². The first-order valence-electron chi connectivity index (χ1n) is 5.99. The van der Waals surface area contributed by atoms with Gasteiger partial charge in [-0.25, -0.2) is 4.79 Å². The largest absolute Gasteiger partial charge is 0.460 e. The van der Waals surface area contributed by atoms with Crippen LogP contribution in [0.2, 0.25) is 0 Å². The molecule has 0 aliphatic rings. The van der Waals surface area contributed by atoms with Gasteiger partial charge in [-0.2, -0.15) is 5.26 Å². The fraction of sp³-hybridized carbons (Fsp3) is 0.429. The maximum absolute atomic E-state index is 11.8. The van der Waals surface area contributed by atoms with Gasteiger partial charge in [0, 0.05) is 6.61 Å². The van der Waals surface area contributed by atoms with Gasteiger partial charge >= 0.3 is 5.97 Å². The molecule has 18 heavy (non-hydrogen) atoms. The van der Waals surface area contributed by atoms with E-state index in [2.05, 4.69) is 0 Å². The third kappa shape index (κ3) is 4.56. The summed E-state index contributed by atoms with van der Waals surface area (Å²) in [5.74, 6) is -0.402. The lowest BCUT2D eigenvalue weighted by Crippen LogP contribution is -2.12. The summed E-state index contributed by atoms with van der Waals surface area (Å²) in [6.45, 7) is 3.33. The molecular formula is C14H17NO3. The number of carbonyl (C=O) groups excluding carboxylic acids is 1. The minimum atomic E-state index is -0.402. The zero-order chi connectivity index (χ0) is 13.2. The van der Waals surface area contributed by atoms with Crippen LogP contribution in [0, 0.1) is 11.3 Å². The van der Waals surface area contributed by atoms with E-state index in [0.717, 1.165) is 6.42 Å². The van der Waals surface area contributed by atoms with E-state index in [1.165, 1.54) is 0 Å². The molecule has 0 aliphatic heterocycles. The van der Waals surface area contributed by atoms with Crippen molar-refractivity contribution in [1.82, 2.24) is 0 Å². The average molecular weight is 247 g/mol. The van der Waals surface area contributed by atoms with Crippen molar-refractivity contribution in [2.75, 3.05) is 19.8 Å². The van der Waals surface area contributed by atoms with Crippen LogP contribution in [0.3, 0.4) is 0 Å². The van der Waals surface area contributed by atoms with Gasteiger partial charge in [-0.05, 0) is 18.1 Å². The molecule has 0 unspecified atom stereocenters. The quantitative estimate of drug-likeness (QED) is 0.548. The number of hydrogen-bond donors (Lipinski definition) is 0. The number of hydrogen-bond acceptors (Lipinski definition) is 4. The van der Waals surface area contributed by atoms with Gasteiger partial charge in [0.15, 0.2) is 0 Å². The predicted octanol–water partition coefficient (Wildman–Crippen LogP) is 2.34. The van der Waals surface area contributed by atoms with E-state index in [0.29, 0.717) is 24.3 Å². The molecule has 0 N–H and O–H groups in total. The second-order valence-corrected chi connectivity index (χ2v) is 3.74. The van der Waals surface area contributed by atoms with Crippen molar-refractivity contribution >= 4 is 5.97 Å². The molecule has 0 heterocycles. The molecule has 96 valence electrons. The number of nitrogens with zero attached hydrogens (tertiary/aromatic N) is 1. The molecule has 0 atom stereocenters. The highest BCUT2D eigenvalue weighted by molar-refractivity contribution is 5.91. The van der Waals surface area contributed by atoms with Crippen LogP contribution in [-0.2, 0) is 15.9 Å². The third-order valence-corrected chi connectivity index (χ3v) is 2.32. The minimum Gasteiger partial charge on any atom is -0.460 e. The Labute approximate surface area is 107 Å². The number of benzene rings is 1. The fourth-order valence-corrected chi connectivity index (χ4v) is 1.48. The molecule has 0 fully saturated rings. The molecule has 0 aromatic heterocycles. The lowest BCUT2D eigenvalue weighted by atomic mass is 10.1. The lowest BCUT2D eigenvalue weighted by molar-refractivity contribution is 0.0318. The zero-order valence-corrected chi connectivity index (χ0v) is 10.5. The Morgan fingerprint density at radius 3 is 2.78 bits per heavy atom. The molecule has 0 amide bonds. The van der Waals surface area contributed by atoms with Gasteiger partial charge in [-0.1, -0.05) is 25.1 Å². The molecule has 0 radical (unpaired) electrons. The number of rotatable bonds is 7. The average Bonchev–Trinajstić information content (AvgIpc) is 2.39. The van der Waals surface area contributed by atoms with E-state index >= 15 is 0 Å². The van der Waals surface area contributed by atoms with Crippen LogP contribution in [0.1, 0.15) is 29.3 Å². The molecule has 1 aromatic rings. The molecule has 4 nitrogen and oxygen atoms in total. The highest BCUT2D eigenvalue weighted by Gasteiger charge is 2.11.